The van der Waals surface area contributed by atoms with Crippen LogP contribution in [0.3, 0.4) is 0 Å². The van der Waals surface area contributed by atoms with Gasteiger partial charge >= 0.3 is 0 Å². The largest absolute Gasteiger partial charge is 0.343 e. The minimum atomic E-state index is 0.493. The first-order chi connectivity index (χ1) is 10.2. The maximum Gasteiger partial charge on any atom is 0.0528 e. The van der Waals surface area contributed by atoms with Crippen molar-refractivity contribution in [2.24, 2.45) is 7.05 Å². The summed E-state index contributed by atoms with van der Waals surface area (Å²) in [4.78, 5) is 4.29. The van der Waals surface area contributed by atoms with Gasteiger partial charge in [0.1, 0.15) is 0 Å². The van der Waals surface area contributed by atoms with E-state index in [1.54, 1.807) is 0 Å². The Bertz CT molecular complexity index is 999. The molecule has 0 aliphatic carbocycles. The van der Waals surface area contributed by atoms with Crippen LogP contribution in [0.25, 0.3) is 32.6 Å². The Labute approximate surface area is 128 Å². The van der Waals surface area contributed by atoms with Gasteiger partial charge < -0.3 is 4.57 Å². The highest BCUT2D eigenvalue weighted by Crippen LogP contribution is 2.38. The molecule has 0 radical (unpaired) electrons. The van der Waals surface area contributed by atoms with Gasteiger partial charge in [-0.1, -0.05) is 18.2 Å². The Morgan fingerprint density at radius 1 is 1.10 bits per heavy atom. The van der Waals surface area contributed by atoms with Crippen molar-refractivity contribution in [2.75, 3.05) is 0 Å². The molecule has 4 rings (SSSR count). The number of aromatic nitrogens is 2. The summed E-state index contributed by atoms with van der Waals surface area (Å²) in [5.74, 6) is 0.493. The summed E-state index contributed by atoms with van der Waals surface area (Å²) in [6.45, 7) is 2.18. The number of hydrogen-bond donors (Lipinski definition) is 0. The highest BCUT2D eigenvalue weighted by Gasteiger charge is 2.17. The van der Waals surface area contributed by atoms with Gasteiger partial charge in [-0.15, -0.1) is 11.6 Å². The van der Waals surface area contributed by atoms with Gasteiger partial charge in [-0.2, -0.15) is 0 Å². The van der Waals surface area contributed by atoms with Crippen LogP contribution in [0.5, 0.6) is 0 Å². The van der Waals surface area contributed by atoms with Crippen molar-refractivity contribution >= 4 is 44.2 Å². The van der Waals surface area contributed by atoms with Gasteiger partial charge in [-0.25, -0.2) is 0 Å². The maximum atomic E-state index is 6.31. The third kappa shape index (κ3) is 1.57. The van der Waals surface area contributed by atoms with Crippen LogP contribution in [0.4, 0.5) is 0 Å². The van der Waals surface area contributed by atoms with Crippen molar-refractivity contribution < 1.29 is 0 Å². The summed E-state index contributed by atoms with van der Waals surface area (Å²) in [6.07, 6.45) is 3.78. The van der Waals surface area contributed by atoms with Crippen molar-refractivity contribution in [1.29, 1.82) is 0 Å². The number of alkyl halides is 1. The summed E-state index contributed by atoms with van der Waals surface area (Å²) in [5, 5.41) is 4.92. The van der Waals surface area contributed by atoms with Crippen molar-refractivity contribution in [1.82, 2.24) is 9.55 Å². The molecule has 0 spiro atoms. The Kier molecular flexibility index (Phi) is 2.69. The van der Waals surface area contributed by atoms with Gasteiger partial charge in [0.2, 0.25) is 0 Å². The molecule has 0 aliphatic heterocycles. The summed E-state index contributed by atoms with van der Waals surface area (Å²) in [7, 11) is 2.13. The van der Waals surface area contributed by atoms with Crippen LogP contribution < -0.4 is 0 Å². The van der Waals surface area contributed by atoms with E-state index in [1.807, 2.05) is 12.4 Å². The van der Waals surface area contributed by atoms with E-state index in [0.717, 1.165) is 5.39 Å². The number of para-hydroxylation sites is 1. The Morgan fingerprint density at radius 2 is 1.90 bits per heavy atom. The quantitative estimate of drug-likeness (QED) is 0.455. The van der Waals surface area contributed by atoms with Crippen molar-refractivity contribution in [3.63, 3.8) is 0 Å². The molecule has 2 aromatic heterocycles. The average Bonchev–Trinajstić information content (AvgIpc) is 2.82. The van der Waals surface area contributed by atoms with Crippen LogP contribution >= 0.6 is 11.6 Å². The predicted octanol–water partition coefficient (Wildman–Crippen LogP) is 4.93. The Morgan fingerprint density at radius 3 is 2.71 bits per heavy atom. The topological polar surface area (TPSA) is 17.8 Å². The molecule has 104 valence electrons. The molecule has 0 saturated heterocycles. The molecule has 3 heteroatoms. The third-order valence-corrected chi connectivity index (χ3v) is 4.72. The van der Waals surface area contributed by atoms with Gasteiger partial charge in [-0.05, 0) is 35.6 Å². The maximum absolute atomic E-state index is 6.31. The molecular formula is C18H15ClN2. The van der Waals surface area contributed by atoms with Crippen molar-refractivity contribution in [3.8, 4) is 0 Å². The van der Waals surface area contributed by atoms with Gasteiger partial charge in [-0.3, -0.25) is 4.98 Å². The van der Waals surface area contributed by atoms with Crippen molar-refractivity contribution in [3.05, 3.63) is 53.9 Å². The zero-order chi connectivity index (χ0) is 14.6. The van der Waals surface area contributed by atoms with Crippen molar-refractivity contribution in [2.45, 2.75) is 12.8 Å². The monoisotopic (exact) mass is 294 g/mol. The summed E-state index contributed by atoms with van der Waals surface area (Å²) in [6, 6.07) is 10.6. The summed E-state index contributed by atoms with van der Waals surface area (Å²) < 4.78 is 2.27. The first kappa shape index (κ1) is 12.7. The van der Waals surface area contributed by atoms with E-state index in [9.17, 15) is 0 Å². The average molecular weight is 295 g/mol. The molecular weight excluding hydrogens is 280 g/mol. The molecule has 2 aromatic carbocycles. The SMILES string of the molecule is Cc1c2ccncc2c(CCl)c2c3ccccc3n(C)c12. The fraction of sp³-hybridized carbons (Fsp3) is 0.167. The molecule has 4 aromatic rings. The highest BCUT2D eigenvalue weighted by atomic mass is 35.5. The fourth-order valence-corrected chi connectivity index (χ4v) is 3.78. The highest BCUT2D eigenvalue weighted by molar-refractivity contribution is 6.23. The smallest absolute Gasteiger partial charge is 0.0528 e. The minimum Gasteiger partial charge on any atom is -0.343 e. The molecule has 0 atom stereocenters. The summed E-state index contributed by atoms with van der Waals surface area (Å²) >= 11 is 6.31. The number of halogens is 1. The van der Waals surface area contributed by atoms with Crippen LogP contribution in [-0.4, -0.2) is 9.55 Å². The second-order valence-corrected chi connectivity index (χ2v) is 5.73. The summed E-state index contributed by atoms with van der Waals surface area (Å²) in [5.41, 5.74) is 4.97. The van der Waals surface area contributed by atoms with Crippen LogP contribution in [0, 0.1) is 6.92 Å². The van der Waals surface area contributed by atoms with Crippen LogP contribution in [0.15, 0.2) is 42.7 Å². The molecule has 0 saturated carbocycles. The van der Waals surface area contributed by atoms with E-state index in [4.69, 9.17) is 11.6 Å². The normalized spacial score (nSPS) is 11.8. The number of fused-ring (bicyclic) bond motifs is 4. The fourth-order valence-electron chi connectivity index (χ4n) is 3.50. The number of benzene rings is 2. The lowest BCUT2D eigenvalue weighted by Crippen LogP contribution is -1.94. The van der Waals surface area contributed by atoms with Crippen LogP contribution in [-0.2, 0) is 12.9 Å². The van der Waals surface area contributed by atoms with E-state index < -0.39 is 0 Å². The molecule has 0 unspecified atom stereocenters. The lowest BCUT2D eigenvalue weighted by Gasteiger charge is -2.11. The number of rotatable bonds is 1. The first-order valence-corrected chi connectivity index (χ1v) is 7.55. The van der Waals surface area contributed by atoms with E-state index >= 15 is 0 Å². The number of hydrogen-bond acceptors (Lipinski definition) is 1. The molecule has 0 bridgehead atoms. The standard InChI is InChI=1S/C18H15ClN2/c1-11-12-7-8-20-10-15(12)14(9-19)17-13-5-3-4-6-16(13)21(2)18(11)17/h3-8,10H,9H2,1-2H3. The van der Waals surface area contributed by atoms with Gasteiger partial charge in [0.05, 0.1) is 5.52 Å². The van der Waals surface area contributed by atoms with Gasteiger partial charge in [0.15, 0.2) is 0 Å². The molecule has 21 heavy (non-hydrogen) atoms. The molecule has 0 N–H and O–H groups in total. The van der Waals surface area contributed by atoms with Gasteiger partial charge in [0.25, 0.3) is 0 Å². The lowest BCUT2D eigenvalue weighted by atomic mass is 9.97. The molecule has 2 heterocycles. The lowest BCUT2D eigenvalue weighted by molar-refractivity contribution is 1.01. The molecule has 0 aliphatic rings. The van der Waals surface area contributed by atoms with E-state index in [-0.39, 0.29) is 0 Å². The van der Waals surface area contributed by atoms with E-state index in [1.165, 1.54) is 38.3 Å². The van der Waals surface area contributed by atoms with E-state index in [0.29, 0.717) is 5.88 Å². The molecule has 2 nitrogen and oxygen atoms in total. The minimum absolute atomic E-state index is 0.493. The van der Waals surface area contributed by atoms with Crippen LogP contribution in [0.1, 0.15) is 11.1 Å². The second-order valence-electron chi connectivity index (χ2n) is 5.46. The zero-order valence-electron chi connectivity index (χ0n) is 12.0. The van der Waals surface area contributed by atoms with Gasteiger partial charge in [0, 0.05) is 47.0 Å². The number of aryl methyl sites for hydroxylation is 2. The van der Waals surface area contributed by atoms with Crippen LogP contribution in [0.2, 0.25) is 0 Å². The Hall–Kier alpha value is -2.06. The third-order valence-electron chi connectivity index (χ3n) is 4.45. The predicted molar refractivity (Wildman–Crippen MR) is 90.0 cm³/mol. The number of nitrogens with zero attached hydrogens (tertiary/aromatic N) is 2. The molecule has 0 fully saturated rings. The number of pyridine rings is 1. The first-order valence-electron chi connectivity index (χ1n) is 7.02. The van der Waals surface area contributed by atoms with E-state index in [2.05, 4.69) is 53.9 Å². The second kappa shape index (κ2) is 4.47. The Balaban J connectivity index is 2.42. The zero-order valence-corrected chi connectivity index (χ0v) is 12.8. The molecule has 0 amide bonds.